The zero-order chi connectivity index (χ0) is 24.5. The van der Waals surface area contributed by atoms with Crippen LogP contribution in [0.3, 0.4) is 0 Å². The number of benzene rings is 2. The Balaban J connectivity index is 1.60. The van der Waals surface area contributed by atoms with Gasteiger partial charge in [0.25, 0.3) is 15.9 Å². The molecule has 0 saturated carbocycles. The van der Waals surface area contributed by atoms with Crippen molar-refractivity contribution < 1.29 is 26.3 Å². The van der Waals surface area contributed by atoms with Crippen LogP contribution in [0.25, 0.3) is 10.9 Å². The maximum absolute atomic E-state index is 13.1. The summed E-state index contributed by atoms with van der Waals surface area (Å²) in [5.41, 5.74) is 0.997. The maximum atomic E-state index is 13.1. The molecule has 176 valence electrons. The molecule has 0 saturated heterocycles. The van der Waals surface area contributed by atoms with Gasteiger partial charge in [0.2, 0.25) is 5.82 Å². The first kappa shape index (κ1) is 23.2. The number of alkyl halides is 3. The number of hydrogen-bond acceptors (Lipinski definition) is 7. The van der Waals surface area contributed by atoms with Gasteiger partial charge in [-0.15, -0.1) is 0 Å². The SMILES string of the molecule is COc1nccnc1NS(=O)(=O)c1ccc(Nc2cc(C)nc3cc(C(F)(F)F)ccc23)cc1. The quantitative estimate of drug-likeness (QED) is 0.397. The number of ether oxygens (including phenoxy) is 1. The van der Waals surface area contributed by atoms with E-state index in [-0.39, 0.29) is 22.1 Å². The Morgan fingerprint density at radius 1 is 0.971 bits per heavy atom. The van der Waals surface area contributed by atoms with E-state index in [1.807, 2.05) is 0 Å². The fourth-order valence-electron chi connectivity index (χ4n) is 3.24. The Morgan fingerprint density at radius 3 is 2.35 bits per heavy atom. The van der Waals surface area contributed by atoms with E-state index in [2.05, 4.69) is 25.0 Å². The van der Waals surface area contributed by atoms with Crippen LogP contribution >= 0.6 is 0 Å². The van der Waals surface area contributed by atoms with Gasteiger partial charge in [-0.3, -0.25) is 9.71 Å². The second kappa shape index (κ2) is 8.78. The van der Waals surface area contributed by atoms with Crippen molar-refractivity contribution in [2.24, 2.45) is 0 Å². The number of nitrogens with zero attached hydrogens (tertiary/aromatic N) is 3. The average Bonchev–Trinajstić information content (AvgIpc) is 2.78. The Labute approximate surface area is 192 Å². The molecule has 0 aliphatic heterocycles. The molecule has 12 heteroatoms. The monoisotopic (exact) mass is 489 g/mol. The normalized spacial score (nSPS) is 11.9. The summed E-state index contributed by atoms with van der Waals surface area (Å²) in [5, 5.41) is 3.61. The summed E-state index contributed by atoms with van der Waals surface area (Å²) in [6.45, 7) is 1.67. The number of sulfonamides is 1. The topological polar surface area (TPSA) is 106 Å². The Bertz CT molecular complexity index is 1460. The molecule has 2 N–H and O–H groups in total. The predicted molar refractivity (Wildman–Crippen MR) is 121 cm³/mol. The van der Waals surface area contributed by atoms with E-state index in [1.165, 1.54) is 49.8 Å². The second-order valence-electron chi connectivity index (χ2n) is 7.21. The van der Waals surface area contributed by atoms with Crippen LogP contribution in [0.1, 0.15) is 11.3 Å². The van der Waals surface area contributed by atoms with E-state index in [4.69, 9.17) is 4.74 Å². The number of fused-ring (bicyclic) bond motifs is 1. The molecule has 2 heterocycles. The molecule has 0 atom stereocenters. The molecule has 4 aromatic rings. The van der Waals surface area contributed by atoms with Gasteiger partial charge >= 0.3 is 6.18 Å². The standard InChI is InChI=1S/C22H18F3N5O3S/c1-13-11-18(17-8-3-14(22(23,24)25)12-19(17)28-13)29-15-4-6-16(7-5-15)34(31,32)30-20-21(33-2)27-10-9-26-20/h3-12H,1-2H3,(H,26,30)(H,28,29). The summed E-state index contributed by atoms with van der Waals surface area (Å²) in [6.07, 6.45) is -1.78. The van der Waals surface area contributed by atoms with Gasteiger partial charge in [0.1, 0.15) is 0 Å². The lowest BCUT2D eigenvalue weighted by Crippen LogP contribution is -2.15. The van der Waals surface area contributed by atoms with Crippen LogP contribution < -0.4 is 14.8 Å². The third kappa shape index (κ3) is 4.86. The summed E-state index contributed by atoms with van der Waals surface area (Å²) in [5.74, 6) is -0.0258. The lowest BCUT2D eigenvalue weighted by molar-refractivity contribution is -0.137. The van der Waals surface area contributed by atoms with Gasteiger partial charge in [-0.25, -0.2) is 18.4 Å². The molecular formula is C22H18F3N5O3S. The van der Waals surface area contributed by atoms with Crippen molar-refractivity contribution >= 4 is 38.1 Å². The molecule has 2 aromatic heterocycles. The smallest absolute Gasteiger partial charge is 0.416 e. The van der Waals surface area contributed by atoms with E-state index in [1.54, 1.807) is 13.0 Å². The third-order valence-electron chi connectivity index (χ3n) is 4.80. The van der Waals surface area contributed by atoms with E-state index >= 15 is 0 Å². The lowest BCUT2D eigenvalue weighted by Gasteiger charge is -2.14. The van der Waals surface area contributed by atoms with Crippen LogP contribution in [0.5, 0.6) is 5.88 Å². The van der Waals surface area contributed by atoms with Crippen LogP contribution in [0.2, 0.25) is 0 Å². The first-order chi connectivity index (χ1) is 16.1. The number of rotatable bonds is 6. The highest BCUT2D eigenvalue weighted by atomic mass is 32.2. The number of anilines is 3. The van der Waals surface area contributed by atoms with Crippen LogP contribution in [0.15, 0.2) is 65.8 Å². The molecule has 34 heavy (non-hydrogen) atoms. The Kier molecular flexibility index (Phi) is 6.00. The molecular weight excluding hydrogens is 471 g/mol. The highest BCUT2D eigenvalue weighted by Gasteiger charge is 2.30. The van der Waals surface area contributed by atoms with Crippen LogP contribution in [-0.2, 0) is 16.2 Å². The van der Waals surface area contributed by atoms with Crippen molar-refractivity contribution in [2.75, 3.05) is 17.1 Å². The molecule has 0 aliphatic carbocycles. The zero-order valence-corrected chi connectivity index (χ0v) is 18.7. The molecule has 0 aliphatic rings. The molecule has 2 aromatic carbocycles. The maximum Gasteiger partial charge on any atom is 0.416 e. The highest BCUT2D eigenvalue weighted by molar-refractivity contribution is 7.92. The van der Waals surface area contributed by atoms with Crippen LogP contribution in [-0.4, -0.2) is 30.5 Å². The summed E-state index contributed by atoms with van der Waals surface area (Å²) in [6, 6.07) is 10.9. The van der Waals surface area contributed by atoms with E-state index in [9.17, 15) is 21.6 Å². The average molecular weight is 489 g/mol. The summed E-state index contributed by atoms with van der Waals surface area (Å²) in [4.78, 5) is 12.0. The molecule has 0 fully saturated rings. The lowest BCUT2D eigenvalue weighted by atomic mass is 10.1. The van der Waals surface area contributed by atoms with E-state index in [0.717, 1.165) is 12.1 Å². The van der Waals surface area contributed by atoms with Crippen molar-refractivity contribution in [2.45, 2.75) is 18.0 Å². The van der Waals surface area contributed by atoms with Gasteiger partial charge in [-0.05, 0) is 49.4 Å². The fraction of sp³-hybridized carbons (Fsp3) is 0.136. The van der Waals surface area contributed by atoms with Crippen molar-refractivity contribution in [3.05, 3.63) is 72.2 Å². The molecule has 0 unspecified atom stereocenters. The minimum absolute atomic E-state index is 0.0259. The Morgan fingerprint density at radius 2 is 1.68 bits per heavy atom. The number of halogens is 3. The summed E-state index contributed by atoms with van der Waals surface area (Å²) in [7, 11) is -2.63. The highest BCUT2D eigenvalue weighted by Crippen LogP contribution is 2.34. The molecule has 8 nitrogen and oxygen atoms in total. The predicted octanol–water partition coefficient (Wildman–Crippen LogP) is 4.91. The molecule has 0 amide bonds. The van der Waals surface area contributed by atoms with Crippen LogP contribution in [0, 0.1) is 6.92 Å². The minimum Gasteiger partial charge on any atom is -0.478 e. The number of pyridine rings is 1. The van der Waals surface area contributed by atoms with Crippen molar-refractivity contribution in [3.8, 4) is 5.88 Å². The molecule has 4 rings (SSSR count). The first-order valence-corrected chi connectivity index (χ1v) is 11.3. The zero-order valence-electron chi connectivity index (χ0n) is 17.9. The van der Waals surface area contributed by atoms with Gasteiger partial charge < -0.3 is 10.1 Å². The molecule has 0 radical (unpaired) electrons. The van der Waals surface area contributed by atoms with Crippen LogP contribution in [0.4, 0.5) is 30.4 Å². The van der Waals surface area contributed by atoms with E-state index < -0.39 is 21.8 Å². The van der Waals surface area contributed by atoms with E-state index in [0.29, 0.717) is 22.5 Å². The van der Waals surface area contributed by atoms with Crippen molar-refractivity contribution in [1.82, 2.24) is 15.0 Å². The van der Waals surface area contributed by atoms with Gasteiger partial charge in [0.05, 0.1) is 23.1 Å². The fourth-order valence-corrected chi connectivity index (χ4v) is 4.25. The second-order valence-corrected chi connectivity index (χ2v) is 8.89. The summed E-state index contributed by atoms with van der Waals surface area (Å²) < 4.78 is 72.0. The molecule has 0 spiro atoms. The third-order valence-corrected chi connectivity index (χ3v) is 6.15. The Hall–Kier alpha value is -3.93. The number of methoxy groups -OCH3 is 1. The first-order valence-electron chi connectivity index (χ1n) is 9.80. The minimum atomic E-state index is -4.47. The van der Waals surface area contributed by atoms with Crippen molar-refractivity contribution in [1.29, 1.82) is 0 Å². The van der Waals surface area contributed by atoms with Gasteiger partial charge in [-0.1, -0.05) is 6.07 Å². The molecule has 0 bridgehead atoms. The number of nitrogens with one attached hydrogen (secondary N) is 2. The summed E-state index contributed by atoms with van der Waals surface area (Å²) >= 11 is 0. The van der Waals surface area contributed by atoms with Gasteiger partial charge in [-0.2, -0.15) is 13.2 Å². The number of aryl methyl sites for hydroxylation is 1. The van der Waals surface area contributed by atoms with Gasteiger partial charge in [0, 0.05) is 34.8 Å². The number of hydrogen-bond donors (Lipinski definition) is 2. The van der Waals surface area contributed by atoms with Gasteiger partial charge in [0.15, 0.2) is 0 Å². The number of aromatic nitrogens is 3. The largest absolute Gasteiger partial charge is 0.478 e. The van der Waals surface area contributed by atoms with Crippen molar-refractivity contribution in [3.63, 3.8) is 0 Å².